The number of halogens is 2. The molecular weight excluding hydrogens is 359 g/mol. The molecule has 2 aromatic rings. The summed E-state index contributed by atoms with van der Waals surface area (Å²) >= 11 is 3.59. The number of hydrogen-bond acceptors (Lipinski definition) is 1. The summed E-state index contributed by atoms with van der Waals surface area (Å²) in [6.45, 7) is 0.597. The van der Waals surface area contributed by atoms with Gasteiger partial charge in [0, 0.05) is 29.2 Å². The molecular formula is C18H18BrFN2O. The molecule has 1 fully saturated rings. The Kier molecular flexibility index (Phi) is 4.39. The predicted molar refractivity (Wildman–Crippen MR) is 93.3 cm³/mol. The highest BCUT2D eigenvalue weighted by molar-refractivity contribution is 9.10. The summed E-state index contributed by atoms with van der Waals surface area (Å²) in [6, 6.07) is 13.8. The maximum atomic E-state index is 13.0. The van der Waals surface area contributed by atoms with Crippen LogP contribution in [0.3, 0.4) is 0 Å². The van der Waals surface area contributed by atoms with Gasteiger partial charge in [0.05, 0.1) is 0 Å². The van der Waals surface area contributed by atoms with Crippen LogP contribution < -0.4 is 10.2 Å². The minimum Gasteiger partial charge on any atom is -0.337 e. The number of carbonyl (C=O) groups excluding carboxylic acids is 1. The lowest BCUT2D eigenvalue weighted by Crippen LogP contribution is -2.41. The molecule has 1 N–H and O–H groups in total. The number of nitrogens with one attached hydrogen (secondary N) is 1. The van der Waals surface area contributed by atoms with Gasteiger partial charge in [0.15, 0.2) is 0 Å². The molecule has 0 aliphatic heterocycles. The quantitative estimate of drug-likeness (QED) is 0.838. The average Bonchev–Trinajstić information content (AvgIpc) is 3.34. The number of rotatable bonds is 4. The molecule has 3 rings (SSSR count). The Morgan fingerprint density at radius 3 is 2.48 bits per heavy atom. The van der Waals surface area contributed by atoms with Crippen LogP contribution in [-0.4, -0.2) is 19.6 Å². The van der Waals surface area contributed by atoms with Gasteiger partial charge in [0.2, 0.25) is 0 Å². The van der Waals surface area contributed by atoms with Crippen LogP contribution >= 0.6 is 15.9 Å². The number of carbonyl (C=O) groups is 1. The molecule has 5 heteroatoms. The molecule has 0 heterocycles. The number of anilines is 1. The SMILES string of the molecule is CN(C(=O)NCC1(c2ccccc2Br)CC1)c1ccc(F)cc1. The molecule has 3 nitrogen and oxygen atoms in total. The van der Waals surface area contributed by atoms with Crippen molar-refractivity contribution in [2.45, 2.75) is 18.3 Å². The van der Waals surface area contributed by atoms with Crippen molar-refractivity contribution in [1.82, 2.24) is 5.32 Å². The van der Waals surface area contributed by atoms with Crippen LogP contribution in [-0.2, 0) is 5.41 Å². The van der Waals surface area contributed by atoms with Gasteiger partial charge in [-0.1, -0.05) is 34.1 Å². The molecule has 2 aromatic carbocycles. The van der Waals surface area contributed by atoms with Crippen LogP contribution in [0.5, 0.6) is 0 Å². The minimum absolute atomic E-state index is 0.0272. The van der Waals surface area contributed by atoms with Gasteiger partial charge in [-0.2, -0.15) is 0 Å². The molecule has 1 aliphatic carbocycles. The van der Waals surface area contributed by atoms with Crippen molar-refractivity contribution in [3.8, 4) is 0 Å². The van der Waals surface area contributed by atoms with Crippen molar-refractivity contribution in [2.75, 3.05) is 18.5 Å². The Morgan fingerprint density at radius 2 is 1.87 bits per heavy atom. The van der Waals surface area contributed by atoms with Crippen molar-refractivity contribution in [1.29, 1.82) is 0 Å². The first-order valence-electron chi connectivity index (χ1n) is 7.54. The summed E-state index contributed by atoms with van der Waals surface area (Å²) in [5.41, 5.74) is 1.93. The van der Waals surface area contributed by atoms with E-state index in [0.29, 0.717) is 12.2 Å². The van der Waals surface area contributed by atoms with Crippen LogP contribution in [0.2, 0.25) is 0 Å². The predicted octanol–water partition coefficient (Wildman–Crippen LogP) is 4.47. The van der Waals surface area contributed by atoms with E-state index in [1.165, 1.54) is 22.6 Å². The molecule has 0 bridgehead atoms. The molecule has 1 saturated carbocycles. The van der Waals surface area contributed by atoms with Gasteiger partial charge in [-0.05, 0) is 48.7 Å². The second kappa shape index (κ2) is 6.32. The maximum absolute atomic E-state index is 13.0. The zero-order valence-electron chi connectivity index (χ0n) is 12.9. The molecule has 0 spiro atoms. The summed E-state index contributed by atoms with van der Waals surface area (Å²) in [6.07, 6.45) is 2.13. The lowest BCUT2D eigenvalue weighted by atomic mass is 9.96. The lowest BCUT2D eigenvalue weighted by molar-refractivity contribution is 0.246. The topological polar surface area (TPSA) is 32.3 Å². The first kappa shape index (κ1) is 16.0. The monoisotopic (exact) mass is 376 g/mol. The Balaban J connectivity index is 1.65. The summed E-state index contributed by atoms with van der Waals surface area (Å²) in [7, 11) is 1.68. The number of amides is 2. The highest BCUT2D eigenvalue weighted by Gasteiger charge is 2.45. The molecule has 0 atom stereocenters. The fraction of sp³-hybridized carbons (Fsp3) is 0.278. The van der Waals surface area contributed by atoms with Gasteiger partial charge in [-0.3, -0.25) is 4.90 Å². The van der Waals surface area contributed by atoms with E-state index in [1.807, 2.05) is 18.2 Å². The van der Waals surface area contributed by atoms with E-state index < -0.39 is 0 Å². The molecule has 23 heavy (non-hydrogen) atoms. The van der Waals surface area contributed by atoms with Gasteiger partial charge in [0.25, 0.3) is 0 Å². The van der Waals surface area contributed by atoms with E-state index in [4.69, 9.17) is 0 Å². The van der Waals surface area contributed by atoms with E-state index in [1.54, 1.807) is 19.2 Å². The molecule has 120 valence electrons. The van der Waals surface area contributed by atoms with Crippen LogP contribution in [0.4, 0.5) is 14.9 Å². The largest absolute Gasteiger partial charge is 0.337 e. The molecule has 2 amide bonds. The second-order valence-corrected chi connectivity index (χ2v) is 6.81. The number of hydrogen-bond donors (Lipinski definition) is 1. The fourth-order valence-electron chi connectivity index (χ4n) is 2.73. The number of nitrogens with zero attached hydrogens (tertiary/aromatic N) is 1. The summed E-state index contributed by atoms with van der Waals surface area (Å²) in [5, 5.41) is 3.00. The average molecular weight is 377 g/mol. The van der Waals surface area contributed by atoms with E-state index in [0.717, 1.165) is 17.3 Å². The zero-order valence-corrected chi connectivity index (χ0v) is 14.4. The van der Waals surface area contributed by atoms with Crippen LogP contribution in [0.25, 0.3) is 0 Å². The number of urea groups is 1. The summed E-state index contributed by atoms with van der Waals surface area (Å²) < 4.78 is 14.0. The first-order chi connectivity index (χ1) is 11.0. The second-order valence-electron chi connectivity index (χ2n) is 5.95. The van der Waals surface area contributed by atoms with E-state index in [9.17, 15) is 9.18 Å². The van der Waals surface area contributed by atoms with E-state index in [-0.39, 0.29) is 17.3 Å². The Hall–Kier alpha value is -1.88. The Bertz CT molecular complexity index is 713. The van der Waals surface area contributed by atoms with E-state index >= 15 is 0 Å². The number of benzene rings is 2. The Morgan fingerprint density at radius 1 is 1.22 bits per heavy atom. The summed E-state index contributed by atoms with van der Waals surface area (Å²) in [5.74, 6) is -0.312. The third-order valence-electron chi connectivity index (χ3n) is 4.40. The van der Waals surface area contributed by atoms with Gasteiger partial charge in [-0.25, -0.2) is 9.18 Å². The van der Waals surface area contributed by atoms with Gasteiger partial charge < -0.3 is 5.32 Å². The van der Waals surface area contributed by atoms with Crippen LogP contribution in [0.15, 0.2) is 53.0 Å². The first-order valence-corrected chi connectivity index (χ1v) is 8.33. The minimum atomic E-state index is -0.312. The van der Waals surface area contributed by atoms with Crippen molar-refractivity contribution in [3.63, 3.8) is 0 Å². The van der Waals surface area contributed by atoms with Crippen molar-refractivity contribution in [3.05, 3.63) is 64.4 Å². The van der Waals surface area contributed by atoms with Gasteiger partial charge in [0.1, 0.15) is 5.82 Å². The van der Waals surface area contributed by atoms with Crippen molar-refractivity contribution >= 4 is 27.6 Å². The lowest BCUT2D eigenvalue weighted by Gasteiger charge is -2.22. The van der Waals surface area contributed by atoms with Crippen LogP contribution in [0, 0.1) is 5.82 Å². The highest BCUT2D eigenvalue weighted by Crippen LogP contribution is 2.49. The molecule has 0 saturated heterocycles. The van der Waals surface area contributed by atoms with Gasteiger partial charge in [-0.15, -0.1) is 0 Å². The molecule has 0 unspecified atom stereocenters. The highest BCUT2D eigenvalue weighted by atomic mass is 79.9. The third-order valence-corrected chi connectivity index (χ3v) is 5.09. The molecule has 1 aliphatic rings. The normalized spacial score (nSPS) is 15.1. The summed E-state index contributed by atoms with van der Waals surface area (Å²) in [4.78, 5) is 13.8. The standard InChI is InChI=1S/C18H18BrFN2O/c1-22(14-8-6-13(20)7-9-14)17(23)21-12-18(10-11-18)15-4-2-3-5-16(15)19/h2-9H,10-12H2,1H3,(H,21,23). The third kappa shape index (κ3) is 3.39. The van der Waals surface area contributed by atoms with Gasteiger partial charge >= 0.3 is 6.03 Å². The molecule has 0 radical (unpaired) electrons. The molecule has 0 aromatic heterocycles. The van der Waals surface area contributed by atoms with E-state index in [2.05, 4.69) is 27.3 Å². The van der Waals surface area contributed by atoms with Crippen molar-refractivity contribution in [2.24, 2.45) is 0 Å². The van der Waals surface area contributed by atoms with Crippen molar-refractivity contribution < 1.29 is 9.18 Å². The fourth-order valence-corrected chi connectivity index (χ4v) is 3.43. The smallest absolute Gasteiger partial charge is 0.321 e. The Labute approximate surface area is 143 Å². The maximum Gasteiger partial charge on any atom is 0.321 e. The van der Waals surface area contributed by atoms with Crippen LogP contribution in [0.1, 0.15) is 18.4 Å². The zero-order chi connectivity index (χ0) is 16.4.